The molecular weight excluding hydrogens is 430 g/mol. The number of hydrogen-bond acceptors (Lipinski definition) is 6. The number of nitrogens with zero attached hydrogens (tertiary/aromatic N) is 1. The van der Waals surface area contributed by atoms with E-state index in [9.17, 15) is 18.0 Å². The second-order valence-corrected chi connectivity index (χ2v) is 8.90. The number of ether oxygens (including phenoxy) is 2. The molecule has 0 atom stereocenters. The molecule has 8 heteroatoms. The van der Waals surface area contributed by atoms with E-state index in [2.05, 4.69) is 0 Å². The number of Topliss-reactive ketones (excluding diaryl/α,β-unsaturated/α-hetero) is 1. The third kappa shape index (κ3) is 3.65. The van der Waals surface area contributed by atoms with E-state index in [1.807, 2.05) is 0 Å². The minimum Gasteiger partial charge on any atom is -0.497 e. The molecule has 0 aliphatic carbocycles. The van der Waals surface area contributed by atoms with Gasteiger partial charge >= 0.3 is 5.97 Å². The van der Waals surface area contributed by atoms with Gasteiger partial charge < -0.3 is 9.47 Å². The normalized spacial score (nSPS) is 14.5. The monoisotopic (exact) mass is 449 g/mol. The standard InChI is InChI=1S/C24H19NO6S/c1-25-21(22(26)16-8-4-3-5-9-16)23(19-10-6-7-11-20(19)32(25,28)29)31-24(27)17-12-14-18(30-2)15-13-17/h3-15H,1-2H3. The van der Waals surface area contributed by atoms with Crippen LogP contribution in [0, 0.1) is 0 Å². The summed E-state index contributed by atoms with van der Waals surface area (Å²) in [6.07, 6.45) is 0. The summed E-state index contributed by atoms with van der Waals surface area (Å²) in [6, 6.07) is 20.6. The SMILES string of the molecule is COc1ccc(C(=O)OC2=C(C(=O)c3ccccc3)N(C)S(=O)(=O)c3ccccc32)cc1. The predicted octanol–water partition coefficient (Wildman–Crippen LogP) is 3.74. The number of hydrogen-bond donors (Lipinski definition) is 0. The second-order valence-electron chi connectivity index (χ2n) is 6.96. The number of sulfonamides is 1. The summed E-state index contributed by atoms with van der Waals surface area (Å²) in [5.41, 5.74) is 0.392. The second kappa shape index (κ2) is 8.32. The van der Waals surface area contributed by atoms with Crippen LogP contribution in [0.5, 0.6) is 5.75 Å². The van der Waals surface area contributed by atoms with Crippen LogP contribution in [0.1, 0.15) is 26.3 Å². The molecule has 7 nitrogen and oxygen atoms in total. The summed E-state index contributed by atoms with van der Waals surface area (Å²) in [7, 11) is -1.24. The Kier molecular flexibility index (Phi) is 5.54. The number of carbonyl (C=O) groups is 2. The quantitative estimate of drug-likeness (QED) is 0.435. The van der Waals surface area contributed by atoms with E-state index in [1.54, 1.807) is 54.6 Å². The van der Waals surface area contributed by atoms with E-state index in [1.165, 1.54) is 38.4 Å². The molecule has 0 bridgehead atoms. The highest BCUT2D eigenvalue weighted by Gasteiger charge is 2.39. The van der Waals surface area contributed by atoms with Crippen LogP contribution < -0.4 is 4.74 Å². The van der Waals surface area contributed by atoms with Crippen molar-refractivity contribution < 1.29 is 27.5 Å². The highest BCUT2D eigenvalue weighted by atomic mass is 32.2. The number of rotatable bonds is 5. The lowest BCUT2D eigenvalue weighted by Crippen LogP contribution is -2.36. The molecule has 3 aromatic rings. The fraction of sp³-hybridized carbons (Fsp3) is 0.0833. The van der Waals surface area contributed by atoms with Crippen LogP contribution in [0.2, 0.25) is 0 Å². The van der Waals surface area contributed by atoms with Gasteiger partial charge in [0.05, 0.1) is 17.6 Å². The fourth-order valence-corrected chi connectivity index (χ4v) is 4.76. The van der Waals surface area contributed by atoms with Gasteiger partial charge in [0.1, 0.15) is 11.4 Å². The minimum atomic E-state index is -4.02. The maximum Gasteiger partial charge on any atom is 0.343 e. The number of methoxy groups -OCH3 is 1. The van der Waals surface area contributed by atoms with Crippen molar-refractivity contribution in [2.75, 3.05) is 14.2 Å². The molecule has 162 valence electrons. The van der Waals surface area contributed by atoms with Gasteiger partial charge in [-0.3, -0.25) is 9.10 Å². The number of ketones is 1. The van der Waals surface area contributed by atoms with Gasteiger partial charge in [-0.2, -0.15) is 0 Å². The van der Waals surface area contributed by atoms with Gasteiger partial charge in [-0.15, -0.1) is 0 Å². The van der Waals surface area contributed by atoms with Gasteiger partial charge in [-0.1, -0.05) is 42.5 Å². The molecule has 0 aromatic heterocycles. The van der Waals surface area contributed by atoms with Crippen LogP contribution in [0.25, 0.3) is 5.76 Å². The summed E-state index contributed by atoms with van der Waals surface area (Å²) in [5.74, 6) is -0.866. The summed E-state index contributed by atoms with van der Waals surface area (Å²) in [4.78, 5) is 26.2. The van der Waals surface area contributed by atoms with Crippen LogP contribution in [-0.2, 0) is 14.8 Å². The Bertz CT molecular complexity index is 1330. The van der Waals surface area contributed by atoms with Crippen molar-refractivity contribution >= 4 is 27.5 Å². The molecule has 1 heterocycles. The first-order valence-electron chi connectivity index (χ1n) is 9.63. The Morgan fingerprint density at radius 1 is 0.812 bits per heavy atom. The Hall–Kier alpha value is -3.91. The molecule has 32 heavy (non-hydrogen) atoms. The number of benzene rings is 3. The molecule has 0 radical (unpaired) electrons. The van der Waals surface area contributed by atoms with Gasteiger partial charge in [-0.25, -0.2) is 13.2 Å². The molecule has 0 unspecified atom stereocenters. The molecule has 3 aromatic carbocycles. The minimum absolute atomic E-state index is 0.0513. The van der Waals surface area contributed by atoms with Crippen molar-refractivity contribution in [2.24, 2.45) is 0 Å². The van der Waals surface area contributed by atoms with Gasteiger partial charge in [0.15, 0.2) is 5.76 Å². The lowest BCUT2D eigenvalue weighted by atomic mass is 10.0. The topological polar surface area (TPSA) is 90.0 Å². The van der Waals surface area contributed by atoms with E-state index in [0.29, 0.717) is 5.75 Å². The summed E-state index contributed by atoms with van der Waals surface area (Å²) in [6.45, 7) is 0. The van der Waals surface area contributed by atoms with Gasteiger partial charge in [0.25, 0.3) is 10.0 Å². The van der Waals surface area contributed by atoms with Crippen molar-refractivity contribution in [3.63, 3.8) is 0 Å². The third-order valence-electron chi connectivity index (χ3n) is 5.07. The summed E-state index contributed by atoms with van der Waals surface area (Å²) < 4.78 is 37.8. The fourth-order valence-electron chi connectivity index (χ4n) is 3.37. The van der Waals surface area contributed by atoms with Crippen molar-refractivity contribution in [1.29, 1.82) is 0 Å². The van der Waals surface area contributed by atoms with Crippen molar-refractivity contribution in [3.8, 4) is 5.75 Å². The van der Waals surface area contributed by atoms with Crippen LogP contribution in [-0.4, -0.2) is 38.6 Å². The van der Waals surface area contributed by atoms with Crippen LogP contribution in [0.4, 0.5) is 0 Å². The first-order chi connectivity index (χ1) is 15.3. The van der Waals surface area contributed by atoms with E-state index in [-0.39, 0.29) is 33.0 Å². The molecule has 0 saturated heterocycles. The van der Waals surface area contributed by atoms with Crippen LogP contribution >= 0.6 is 0 Å². The Morgan fingerprint density at radius 3 is 2.09 bits per heavy atom. The van der Waals surface area contributed by atoms with Gasteiger partial charge in [0.2, 0.25) is 5.78 Å². The lowest BCUT2D eigenvalue weighted by molar-refractivity contribution is 0.0686. The average molecular weight is 449 g/mol. The molecule has 4 rings (SSSR count). The highest BCUT2D eigenvalue weighted by molar-refractivity contribution is 7.89. The maximum atomic E-state index is 13.3. The molecule has 0 spiro atoms. The Labute approximate surface area is 185 Å². The molecule has 1 aliphatic heterocycles. The third-order valence-corrected chi connectivity index (χ3v) is 6.89. The largest absolute Gasteiger partial charge is 0.497 e. The zero-order chi connectivity index (χ0) is 22.9. The molecule has 0 fully saturated rings. The maximum absolute atomic E-state index is 13.3. The molecule has 0 amide bonds. The number of esters is 1. The smallest absolute Gasteiger partial charge is 0.343 e. The summed E-state index contributed by atoms with van der Waals surface area (Å²) in [5, 5.41) is 0. The number of fused-ring (bicyclic) bond motifs is 1. The number of carbonyl (C=O) groups excluding carboxylic acids is 2. The first-order valence-corrected chi connectivity index (χ1v) is 11.1. The molecular formula is C24H19NO6S. The van der Waals surface area contributed by atoms with Gasteiger partial charge in [-0.05, 0) is 36.4 Å². The number of allylic oxidation sites excluding steroid dienone is 1. The average Bonchev–Trinajstić information content (AvgIpc) is 2.83. The zero-order valence-electron chi connectivity index (χ0n) is 17.3. The van der Waals surface area contributed by atoms with Crippen LogP contribution in [0.3, 0.4) is 0 Å². The van der Waals surface area contributed by atoms with Crippen molar-refractivity contribution in [2.45, 2.75) is 4.90 Å². The molecule has 0 N–H and O–H groups in total. The lowest BCUT2D eigenvalue weighted by Gasteiger charge is -2.30. The Balaban J connectivity index is 1.88. The zero-order valence-corrected chi connectivity index (χ0v) is 18.1. The van der Waals surface area contributed by atoms with Crippen molar-refractivity contribution in [1.82, 2.24) is 4.31 Å². The van der Waals surface area contributed by atoms with Crippen LogP contribution in [0.15, 0.2) is 89.5 Å². The van der Waals surface area contributed by atoms with Gasteiger partial charge in [0, 0.05) is 18.2 Å². The predicted molar refractivity (Wildman–Crippen MR) is 117 cm³/mol. The number of likely N-dealkylation sites (N-methyl/N-ethyl adjacent to an activating group) is 1. The van der Waals surface area contributed by atoms with E-state index in [4.69, 9.17) is 9.47 Å². The molecule has 1 aliphatic rings. The Morgan fingerprint density at radius 2 is 1.44 bits per heavy atom. The first kappa shape index (κ1) is 21.3. The summed E-state index contributed by atoms with van der Waals surface area (Å²) >= 11 is 0. The highest BCUT2D eigenvalue weighted by Crippen LogP contribution is 2.38. The molecule has 0 saturated carbocycles. The van der Waals surface area contributed by atoms with Crippen molar-refractivity contribution in [3.05, 3.63) is 101 Å². The van der Waals surface area contributed by atoms with E-state index in [0.717, 1.165) is 4.31 Å². The van der Waals surface area contributed by atoms with E-state index < -0.39 is 21.8 Å². The van der Waals surface area contributed by atoms with E-state index >= 15 is 0 Å².